The summed E-state index contributed by atoms with van der Waals surface area (Å²) in [6.07, 6.45) is 1.95. The summed E-state index contributed by atoms with van der Waals surface area (Å²) < 4.78 is 12.5. The van der Waals surface area contributed by atoms with E-state index in [-0.39, 0.29) is 5.41 Å². The van der Waals surface area contributed by atoms with Crippen LogP contribution in [0.4, 0.5) is 5.13 Å². The molecule has 1 N–H and O–H groups in total. The number of fused-ring (bicyclic) bond motifs is 1. The van der Waals surface area contributed by atoms with Crippen LogP contribution in [0, 0.1) is 0 Å². The summed E-state index contributed by atoms with van der Waals surface area (Å²) in [7, 11) is 1.74. The van der Waals surface area contributed by atoms with Crippen LogP contribution >= 0.6 is 11.3 Å². The van der Waals surface area contributed by atoms with Gasteiger partial charge in [0.2, 0.25) is 0 Å². The number of nitrogens with zero attached hydrogens (tertiary/aromatic N) is 1. The maximum absolute atomic E-state index is 5.64. The zero-order valence-corrected chi connectivity index (χ0v) is 15.1. The second-order valence-electron chi connectivity index (χ2n) is 6.43. The van der Waals surface area contributed by atoms with Gasteiger partial charge in [0.15, 0.2) is 5.13 Å². The lowest BCUT2D eigenvalue weighted by molar-refractivity contribution is 0.0536. The highest BCUT2D eigenvalue weighted by Gasteiger charge is 2.36. The topological polar surface area (TPSA) is 43.4 Å². The summed E-state index contributed by atoms with van der Waals surface area (Å²) in [5.41, 5.74) is 2.31. The van der Waals surface area contributed by atoms with Crippen molar-refractivity contribution in [3.63, 3.8) is 0 Å². The second-order valence-corrected chi connectivity index (χ2v) is 7.46. The molecule has 0 spiro atoms. The van der Waals surface area contributed by atoms with Gasteiger partial charge in [-0.25, -0.2) is 4.98 Å². The first-order chi connectivity index (χ1) is 12.3. The normalized spacial score (nSPS) is 16.7. The molecular formula is C20H22N2O2S. The van der Waals surface area contributed by atoms with Gasteiger partial charge < -0.3 is 14.8 Å². The number of anilines is 1. The minimum atomic E-state index is 0.00269. The molecule has 0 bridgehead atoms. The van der Waals surface area contributed by atoms with Crippen molar-refractivity contribution in [1.82, 2.24) is 4.98 Å². The van der Waals surface area contributed by atoms with Crippen LogP contribution in [0.25, 0.3) is 10.2 Å². The van der Waals surface area contributed by atoms with Crippen molar-refractivity contribution >= 4 is 26.7 Å². The Balaban J connectivity index is 1.62. The van der Waals surface area contributed by atoms with E-state index >= 15 is 0 Å². The third-order valence-electron chi connectivity index (χ3n) is 5.00. The second kappa shape index (κ2) is 7.02. The van der Waals surface area contributed by atoms with Crippen molar-refractivity contribution in [2.75, 3.05) is 32.2 Å². The average molecular weight is 354 g/mol. The highest BCUT2D eigenvalue weighted by molar-refractivity contribution is 7.22. The Morgan fingerprint density at radius 1 is 1.12 bits per heavy atom. The van der Waals surface area contributed by atoms with E-state index in [0.29, 0.717) is 0 Å². The Hall–Kier alpha value is -2.11. The Kier molecular flexibility index (Phi) is 4.59. The molecule has 1 saturated heterocycles. The number of nitrogens with one attached hydrogen (secondary N) is 1. The molecule has 0 unspecified atom stereocenters. The minimum absolute atomic E-state index is 0.00269. The molecule has 4 nitrogen and oxygen atoms in total. The molecule has 2 aromatic carbocycles. The van der Waals surface area contributed by atoms with E-state index < -0.39 is 0 Å². The van der Waals surface area contributed by atoms with Crippen molar-refractivity contribution in [2.45, 2.75) is 18.3 Å². The van der Waals surface area contributed by atoms with Gasteiger partial charge in [0.25, 0.3) is 0 Å². The number of rotatable bonds is 5. The van der Waals surface area contributed by atoms with Gasteiger partial charge in [0.1, 0.15) is 5.75 Å². The number of para-hydroxylation sites is 2. The van der Waals surface area contributed by atoms with Crippen LogP contribution in [0.1, 0.15) is 18.4 Å². The van der Waals surface area contributed by atoms with Crippen LogP contribution in [0.2, 0.25) is 0 Å². The van der Waals surface area contributed by atoms with Gasteiger partial charge in [-0.1, -0.05) is 41.7 Å². The molecule has 2 heterocycles. The van der Waals surface area contributed by atoms with Crippen molar-refractivity contribution in [3.8, 4) is 5.75 Å². The summed E-state index contributed by atoms with van der Waals surface area (Å²) in [6.45, 7) is 2.38. The zero-order valence-electron chi connectivity index (χ0n) is 14.3. The Labute approximate surface area is 151 Å². The molecule has 0 aliphatic carbocycles. The van der Waals surface area contributed by atoms with Crippen LogP contribution in [0.5, 0.6) is 5.75 Å². The van der Waals surface area contributed by atoms with Gasteiger partial charge in [0.05, 0.1) is 17.3 Å². The molecule has 0 amide bonds. The Morgan fingerprint density at radius 3 is 2.68 bits per heavy atom. The summed E-state index contributed by atoms with van der Waals surface area (Å²) in [6, 6.07) is 16.6. The first-order valence-electron chi connectivity index (χ1n) is 8.61. The standard InChI is InChI=1S/C20H22N2O2S/c1-23-17-8-4-2-6-15(17)20(10-12-24-13-11-20)14-21-19-22-16-7-3-5-9-18(16)25-19/h2-9H,10-14H2,1H3,(H,21,22). The number of benzene rings is 2. The van der Waals surface area contributed by atoms with Crippen LogP contribution in [-0.2, 0) is 10.2 Å². The maximum Gasteiger partial charge on any atom is 0.183 e. The third kappa shape index (κ3) is 3.22. The fourth-order valence-corrected chi connectivity index (χ4v) is 4.44. The van der Waals surface area contributed by atoms with Crippen molar-refractivity contribution < 1.29 is 9.47 Å². The lowest BCUT2D eigenvalue weighted by Gasteiger charge is -2.38. The number of hydrogen-bond acceptors (Lipinski definition) is 5. The number of ether oxygens (including phenoxy) is 2. The van der Waals surface area contributed by atoms with Crippen molar-refractivity contribution in [1.29, 1.82) is 0 Å². The van der Waals surface area contributed by atoms with Crippen LogP contribution < -0.4 is 10.1 Å². The molecule has 4 rings (SSSR count). The largest absolute Gasteiger partial charge is 0.496 e. The van der Waals surface area contributed by atoms with Gasteiger partial charge in [-0.3, -0.25) is 0 Å². The number of aromatic nitrogens is 1. The SMILES string of the molecule is COc1ccccc1C1(CNc2nc3ccccc3s2)CCOCC1. The maximum atomic E-state index is 5.64. The first kappa shape index (κ1) is 16.4. The monoisotopic (exact) mass is 354 g/mol. The number of methoxy groups -OCH3 is 1. The molecular weight excluding hydrogens is 332 g/mol. The van der Waals surface area contributed by atoms with Crippen LogP contribution in [-0.4, -0.2) is 31.9 Å². The van der Waals surface area contributed by atoms with E-state index in [9.17, 15) is 0 Å². The van der Waals surface area contributed by atoms with E-state index in [2.05, 4.69) is 35.6 Å². The highest BCUT2D eigenvalue weighted by atomic mass is 32.1. The fraction of sp³-hybridized carbons (Fsp3) is 0.350. The minimum Gasteiger partial charge on any atom is -0.496 e. The van der Waals surface area contributed by atoms with E-state index in [4.69, 9.17) is 14.5 Å². The molecule has 0 saturated carbocycles. The van der Waals surface area contributed by atoms with E-state index in [1.54, 1.807) is 18.4 Å². The molecule has 1 fully saturated rings. The Morgan fingerprint density at radius 2 is 1.88 bits per heavy atom. The summed E-state index contributed by atoms with van der Waals surface area (Å²) >= 11 is 1.70. The van der Waals surface area contributed by atoms with Gasteiger partial charge in [-0.05, 0) is 31.0 Å². The number of thiazole rings is 1. The molecule has 5 heteroatoms. The molecule has 25 heavy (non-hydrogen) atoms. The Bertz CT molecular complexity index is 823. The molecule has 1 aromatic heterocycles. The van der Waals surface area contributed by atoms with Crippen LogP contribution in [0.3, 0.4) is 0 Å². The summed E-state index contributed by atoms with van der Waals surface area (Å²) in [5, 5.41) is 4.56. The van der Waals surface area contributed by atoms with Crippen molar-refractivity contribution in [2.24, 2.45) is 0 Å². The van der Waals surface area contributed by atoms with Gasteiger partial charge in [-0.2, -0.15) is 0 Å². The summed E-state index contributed by atoms with van der Waals surface area (Å²) in [4.78, 5) is 4.71. The molecule has 1 aliphatic rings. The molecule has 3 aromatic rings. The predicted octanol–water partition coefficient (Wildman–Crippen LogP) is 4.47. The van der Waals surface area contributed by atoms with Gasteiger partial charge in [-0.15, -0.1) is 0 Å². The fourth-order valence-electron chi connectivity index (χ4n) is 3.58. The van der Waals surface area contributed by atoms with E-state index in [1.807, 2.05) is 18.2 Å². The van der Waals surface area contributed by atoms with E-state index in [0.717, 1.165) is 49.0 Å². The first-order valence-corrected chi connectivity index (χ1v) is 9.43. The lowest BCUT2D eigenvalue weighted by atomic mass is 9.73. The van der Waals surface area contributed by atoms with Gasteiger partial charge >= 0.3 is 0 Å². The molecule has 1 aliphatic heterocycles. The quantitative estimate of drug-likeness (QED) is 0.734. The molecule has 0 atom stereocenters. The van der Waals surface area contributed by atoms with Crippen LogP contribution in [0.15, 0.2) is 48.5 Å². The molecule has 0 radical (unpaired) electrons. The molecule has 130 valence electrons. The third-order valence-corrected chi connectivity index (χ3v) is 5.99. The van der Waals surface area contributed by atoms with Gasteiger partial charge in [0, 0.05) is 30.7 Å². The van der Waals surface area contributed by atoms with E-state index in [1.165, 1.54) is 10.3 Å². The average Bonchev–Trinajstić information content (AvgIpc) is 3.10. The number of hydrogen-bond donors (Lipinski definition) is 1. The van der Waals surface area contributed by atoms with Crippen molar-refractivity contribution in [3.05, 3.63) is 54.1 Å². The summed E-state index contributed by atoms with van der Waals surface area (Å²) in [5.74, 6) is 0.954. The zero-order chi connectivity index (χ0) is 17.1. The smallest absolute Gasteiger partial charge is 0.183 e. The predicted molar refractivity (Wildman–Crippen MR) is 103 cm³/mol. The lowest BCUT2D eigenvalue weighted by Crippen LogP contribution is -2.40. The highest BCUT2D eigenvalue weighted by Crippen LogP contribution is 2.40.